The minimum Gasteiger partial charge on any atom is -0.379 e. The van der Waals surface area contributed by atoms with E-state index in [0.29, 0.717) is 12.1 Å². The van der Waals surface area contributed by atoms with Gasteiger partial charge < -0.3 is 20.3 Å². The zero-order valence-corrected chi connectivity index (χ0v) is 14.5. The fraction of sp³-hybridized carbons (Fsp3) is 1.00. The van der Waals surface area contributed by atoms with Crippen molar-refractivity contribution < 1.29 is 4.74 Å². The summed E-state index contributed by atoms with van der Waals surface area (Å²) >= 11 is 0. The second kappa shape index (κ2) is 8.09. The molecule has 2 heterocycles. The van der Waals surface area contributed by atoms with Gasteiger partial charge in [0.2, 0.25) is 0 Å². The Balaban J connectivity index is 1.44. The minimum absolute atomic E-state index is 0.579. The molecule has 1 aliphatic carbocycles. The Hall–Kier alpha value is -0.160. The molecular weight excluding hydrogens is 274 g/mol. The molecule has 3 atom stereocenters. The van der Waals surface area contributed by atoms with Gasteiger partial charge in [-0.3, -0.25) is 0 Å². The van der Waals surface area contributed by atoms with Gasteiger partial charge in [-0.25, -0.2) is 0 Å². The maximum absolute atomic E-state index is 5.69. The largest absolute Gasteiger partial charge is 0.379 e. The molecule has 22 heavy (non-hydrogen) atoms. The topological polar surface area (TPSA) is 36.5 Å². The molecule has 3 unspecified atom stereocenters. The lowest BCUT2D eigenvalue weighted by molar-refractivity contribution is 0.0505. The lowest BCUT2D eigenvalue weighted by Gasteiger charge is -2.38. The summed E-state index contributed by atoms with van der Waals surface area (Å²) in [5.41, 5.74) is 0. The summed E-state index contributed by atoms with van der Waals surface area (Å²) in [5, 5.41) is 7.70. The van der Waals surface area contributed by atoms with Crippen LogP contribution in [0, 0.1) is 11.8 Å². The van der Waals surface area contributed by atoms with E-state index in [-0.39, 0.29) is 0 Å². The van der Waals surface area contributed by atoms with Crippen LogP contribution in [0.15, 0.2) is 0 Å². The van der Waals surface area contributed by atoms with Crippen molar-refractivity contribution in [1.29, 1.82) is 0 Å². The monoisotopic (exact) mass is 309 g/mol. The van der Waals surface area contributed by atoms with Crippen LogP contribution in [0.2, 0.25) is 0 Å². The van der Waals surface area contributed by atoms with Crippen LogP contribution in [0.4, 0.5) is 0 Å². The second-order valence-electron chi connectivity index (χ2n) is 7.97. The van der Waals surface area contributed by atoms with Crippen molar-refractivity contribution in [2.75, 3.05) is 39.4 Å². The predicted molar refractivity (Wildman–Crippen MR) is 91.2 cm³/mol. The van der Waals surface area contributed by atoms with E-state index in [1.165, 1.54) is 51.7 Å². The molecule has 0 aromatic heterocycles. The van der Waals surface area contributed by atoms with E-state index in [9.17, 15) is 0 Å². The molecular formula is C18H35N3O. The van der Waals surface area contributed by atoms with Crippen LogP contribution in [0.3, 0.4) is 0 Å². The van der Waals surface area contributed by atoms with Gasteiger partial charge in [0.25, 0.3) is 0 Å². The molecule has 128 valence electrons. The predicted octanol–water partition coefficient (Wildman–Crippen LogP) is 1.85. The van der Waals surface area contributed by atoms with Gasteiger partial charge in [-0.1, -0.05) is 20.3 Å². The standard InChI is InChI=1S/C18H35N3O/c1-14(2)12-21-9-6-15(7-10-21)20-17-5-3-4-16(17)18-13-22-11-8-19-18/h14-20H,3-13H2,1-2H3. The third kappa shape index (κ3) is 4.44. The smallest absolute Gasteiger partial charge is 0.0623 e. The maximum Gasteiger partial charge on any atom is 0.0623 e. The van der Waals surface area contributed by atoms with Crippen LogP contribution in [0.5, 0.6) is 0 Å². The number of hydrogen-bond acceptors (Lipinski definition) is 4. The van der Waals surface area contributed by atoms with Crippen molar-refractivity contribution in [3.63, 3.8) is 0 Å². The highest BCUT2D eigenvalue weighted by molar-refractivity contribution is 4.94. The normalized spacial score (nSPS) is 35.3. The fourth-order valence-corrected chi connectivity index (χ4v) is 4.64. The second-order valence-corrected chi connectivity index (χ2v) is 7.97. The van der Waals surface area contributed by atoms with Crippen LogP contribution >= 0.6 is 0 Å². The molecule has 3 fully saturated rings. The third-order valence-electron chi connectivity index (χ3n) is 5.70. The highest BCUT2D eigenvalue weighted by atomic mass is 16.5. The summed E-state index contributed by atoms with van der Waals surface area (Å²) in [5.74, 6) is 1.56. The minimum atomic E-state index is 0.579. The number of ether oxygens (including phenoxy) is 1. The third-order valence-corrected chi connectivity index (χ3v) is 5.70. The highest BCUT2D eigenvalue weighted by Gasteiger charge is 2.36. The van der Waals surface area contributed by atoms with Gasteiger partial charge in [0.15, 0.2) is 0 Å². The molecule has 3 aliphatic rings. The molecule has 1 saturated carbocycles. The highest BCUT2D eigenvalue weighted by Crippen LogP contribution is 2.30. The van der Waals surface area contributed by atoms with Gasteiger partial charge in [-0.2, -0.15) is 0 Å². The van der Waals surface area contributed by atoms with E-state index in [1.54, 1.807) is 0 Å². The van der Waals surface area contributed by atoms with Crippen LogP contribution in [-0.2, 0) is 4.74 Å². The van der Waals surface area contributed by atoms with Gasteiger partial charge in [0, 0.05) is 31.2 Å². The number of likely N-dealkylation sites (tertiary alicyclic amines) is 1. The summed E-state index contributed by atoms with van der Waals surface area (Å²) in [4.78, 5) is 2.64. The van der Waals surface area contributed by atoms with Crippen LogP contribution in [-0.4, -0.2) is 62.4 Å². The van der Waals surface area contributed by atoms with Crippen molar-refractivity contribution in [3.05, 3.63) is 0 Å². The van der Waals surface area contributed by atoms with Crippen LogP contribution < -0.4 is 10.6 Å². The number of piperidine rings is 1. The van der Waals surface area contributed by atoms with E-state index < -0.39 is 0 Å². The summed E-state index contributed by atoms with van der Waals surface area (Å²) in [6.07, 6.45) is 6.75. The molecule has 0 bridgehead atoms. The molecule has 4 nitrogen and oxygen atoms in total. The Kier molecular flexibility index (Phi) is 6.14. The van der Waals surface area contributed by atoms with Crippen molar-refractivity contribution in [2.24, 2.45) is 11.8 Å². The summed E-state index contributed by atoms with van der Waals surface area (Å²) < 4.78 is 5.69. The zero-order valence-electron chi connectivity index (χ0n) is 14.5. The summed E-state index contributed by atoms with van der Waals surface area (Å²) in [6, 6.07) is 2.02. The van der Waals surface area contributed by atoms with E-state index in [4.69, 9.17) is 4.74 Å². The molecule has 4 heteroatoms. The Morgan fingerprint density at radius 1 is 1.18 bits per heavy atom. The first-order valence-electron chi connectivity index (χ1n) is 9.52. The molecule has 3 rings (SSSR count). The average molecular weight is 309 g/mol. The summed E-state index contributed by atoms with van der Waals surface area (Å²) in [6.45, 7) is 11.3. The van der Waals surface area contributed by atoms with Gasteiger partial charge in [-0.05, 0) is 50.6 Å². The molecule has 0 amide bonds. The molecule has 0 aromatic rings. The van der Waals surface area contributed by atoms with E-state index in [0.717, 1.165) is 37.6 Å². The Morgan fingerprint density at radius 2 is 2.00 bits per heavy atom. The Morgan fingerprint density at radius 3 is 2.68 bits per heavy atom. The van der Waals surface area contributed by atoms with Gasteiger partial charge >= 0.3 is 0 Å². The number of hydrogen-bond donors (Lipinski definition) is 2. The van der Waals surface area contributed by atoms with Crippen molar-refractivity contribution >= 4 is 0 Å². The lowest BCUT2D eigenvalue weighted by atomic mass is 9.92. The first kappa shape index (κ1) is 16.7. The SMILES string of the molecule is CC(C)CN1CCC(NC2CCCC2C2COCCN2)CC1. The van der Waals surface area contributed by atoms with Crippen LogP contribution in [0.1, 0.15) is 46.0 Å². The summed E-state index contributed by atoms with van der Waals surface area (Å²) in [7, 11) is 0. The molecule has 0 spiro atoms. The van der Waals surface area contributed by atoms with Gasteiger partial charge in [0.05, 0.1) is 13.2 Å². The maximum atomic E-state index is 5.69. The lowest BCUT2D eigenvalue weighted by Crippen LogP contribution is -2.54. The van der Waals surface area contributed by atoms with E-state index >= 15 is 0 Å². The van der Waals surface area contributed by atoms with Gasteiger partial charge in [0.1, 0.15) is 0 Å². The van der Waals surface area contributed by atoms with Gasteiger partial charge in [-0.15, -0.1) is 0 Å². The molecule has 2 N–H and O–H groups in total. The number of morpholine rings is 1. The fourth-order valence-electron chi connectivity index (χ4n) is 4.64. The number of nitrogens with zero attached hydrogens (tertiary/aromatic N) is 1. The van der Waals surface area contributed by atoms with Crippen LogP contribution in [0.25, 0.3) is 0 Å². The average Bonchev–Trinajstić information content (AvgIpc) is 2.98. The number of rotatable bonds is 5. The quantitative estimate of drug-likeness (QED) is 0.813. The Bertz CT molecular complexity index is 322. The van der Waals surface area contributed by atoms with Crippen molar-refractivity contribution in [1.82, 2.24) is 15.5 Å². The molecule has 2 saturated heterocycles. The van der Waals surface area contributed by atoms with Crippen molar-refractivity contribution in [2.45, 2.75) is 64.1 Å². The Labute approximate surface area is 136 Å². The number of nitrogens with one attached hydrogen (secondary N) is 2. The molecule has 2 aliphatic heterocycles. The van der Waals surface area contributed by atoms with E-state index in [1.807, 2.05) is 0 Å². The van der Waals surface area contributed by atoms with E-state index in [2.05, 4.69) is 29.4 Å². The zero-order chi connectivity index (χ0) is 15.4. The molecule has 0 radical (unpaired) electrons. The van der Waals surface area contributed by atoms with Crippen molar-refractivity contribution in [3.8, 4) is 0 Å². The molecule has 0 aromatic carbocycles. The first-order valence-corrected chi connectivity index (χ1v) is 9.52. The first-order chi connectivity index (χ1) is 10.7.